The van der Waals surface area contributed by atoms with E-state index in [9.17, 15) is 4.79 Å². The summed E-state index contributed by atoms with van der Waals surface area (Å²) in [5.41, 5.74) is 1.96. The second-order valence-electron chi connectivity index (χ2n) is 6.40. The number of carbonyl (C=O) groups is 1. The fraction of sp³-hybridized carbons (Fsp3) is 0.190. The third-order valence-electron chi connectivity index (χ3n) is 4.27. The Bertz CT molecular complexity index is 955. The monoisotopic (exact) mass is 360 g/mol. The normalized spacial score (nSPS) is 13.1. The van der Waals surface area contributed by atoms with E-state index in [0.717, 1.165) is 24.1 Å². The zero-order chi connectivity index (χ0) is 18.6. The molecule has 1 aromatic heterocycles. The molecule has 0 radical (unpaired) electrons. The number of ether oxygens (including phenoxy) is 1. The van der Waals surface area contributed by atoms with Gasteiger partial charge in [-0.05, 0) is 25.0 Å². The molecule has 2 N–H and O–H groups in total. The molecular formula is C21H20N4O2. The maximum absolute atomic E-state index is 12.6. The van der Waals surface area contributed by atoms with Gasteiger partial charge in [-0.1, -0.05) is 42.5 Å². The number of hydrogen-bond acceptors (Lipinski definition) is 5. The van der Waals surface area contributed by atoms with Crippen LogP contribution in [0.4, 0.5) is 11.5 Å². The number of carbonyl (C=O) groups excluding carboxylic acids is 1. The van der Waals surface area contributed by atoms with Crippen molar-refractivity contribution in [2.24, 2.45) is 0 Å². The molecule has 6 nitrogen and oxygen atoms in total. The summed E-state index contributed by atoms with van der Waals surface area (Å²) in [6.07, 6.45) is 2.05. The first-order valence-electron chi connectivity index (χ1n) is 8.88. The number of aromatic nitrogens is 2. The smallest absolute Gasteiger partial charge is 0.270 e. The highest BCUT2D eigenvalue weighted by atomic mass is 16.5. The first-order valence-corrected chi connectivity index (χ1v) is 8.88. The highest BCUT2D eigenvalue weighted by molar-refractivity contribution is 5.94. The predicted molar refractivity (Wildman–Crippen MR) is 104 cm³/mol. The lowest BCUT2D eigenvalue weighted by molar-refractivity contribution is 0.0946. The number of para-hydroxylation sites is 2. The number of anilines is 2. The van der Waals surface area contributed by atoms with Gasteiger partial charge in [0, 0.05) is 17.7 Å². The summed E-state index contributed by atoms with van der Waals surface area (Å²) >= 11 is 0. The second kappa shape index (κ2) is 7.45. The molecule has 3 aromatic rings. The van der Waals surface area contributed by atoms with Crippen molar-refractivity contribution in [3.05, 3.63) is 66.4 Å². The number of nitrogens with zero attached hydrogens (tertiary/aromatic N) is 2. The Morgan fingerprint density at radius 2 is 1.78 bits per heavy atom. The third kappa shape index (κ3) is 4.06. The van der Waals surface area contributed by atoms with E-state index in [1.807, 2.05) is 54.6 Å². The van der Waals surface area contributed by atoms with Crippen LogP contribution < -0.4 is 15.4 Å². The zero-order valence-electron chi connectivity index (χ0n) is 15.0. The maximum Gasteiger partial charge on any atom is 0.270 e. The Morgan fingerprint density at radius 1 is 1.04 bits per heavy atom. The van der Waals surface area contributed by atoms with Crippen LogP contribution in [0.25, 0.3) is 11.4 Å². The quantitative estimate of drug-likeness (QED) is 0.699. The van der Waals surface area contributed by atoms with Gasteiger partial charge in [0.1, 0.15) is 17.3 Å². The minimum absolute atomic E-state index is 0.180. The van der Waals surface area contributed by atoms with Crippen LogP contribution >= 0.6 is 0 Å². The molecule has 1 amide bonds. The van der Waals surface area contributed by atoms with Gasteiger partial charge in [0.05, 0.1) is 12.8 Å². The first kappa shape index (κ1) is 17.0. The van der Waals surface area contributed by atoms with E-state index in [1.54, 1.807) is 13.2 Å². The van der Waals surface area contributed by atoms with E-state index in [-0.39, 0.29) is 11.9 Å². The lowest BCUT2D eigenvalue weighted by Crippen LogP contribution is -2.26. The summed E-state index contributed by atoms with van der Waals surface area (Å²) in [4.78, 5) is 21.6. The summed E-state index contributed by atoms with van der Waals surface area (Å²) in [5.74, 6) is 1.55. The van der Waals surface area contributed by atoms with Crippen LogP contribution in [-0.2, 0) is 0 Å². The van der Waals surface area contributed by atoms with E-state index in [0.29, 0.717) is 23.1 Å². The van der Waals surface area contributed by atoms with Crippen molar-refractivity contribution in [2.45, 2.75) is 18.9 Å². The number of benzene rings is 2. The topological polar surface area (TPSA) is 76.1 Å². The SMILES string of the molecule is COc1ccccc1Nc1cc(C(=O)NC2CC2)nc(-c2ccccc2)n1. The fourth-order valence-corrected chi connectivity index (χ4v) is 2.72. The van der Waals surface area contributed by atoms with Crippen molar-refractivity contribution in [3.8, 4) is 17.1 Å². The molecule has 1 aliphatic carbocycles. The van der Waals surface area contributed by atoms with Crippen LogP contribution in [0.5, 0.6) is 5.75 Å². The molecule has 1 saturated carbocycles. The molecule has 136 valence electrons. The predicted octanol–water partition coefficient (Wildman–Crippen LogP) is 3.79. The molecule has 1 aliphatic rings. The van der Waals surface area contributed by atoms with Crippen molar-refractivity contribution in [1.29, 1.82) is 0 Å². The van der Waals surface area contributed by atoms with Gasteiger partial charge in [0.2, 0.25) is 0 Å². The van der Waals surface area contributed by atoms with Gasteiger partial charge >= 0.3 is 0 Å². The van der Waals surface area contributed by atoms with Crippen molar-refractivity contribution < 1.29 is 9.53 Å². The number of methoxy groups -OCH3 is 1. The number of rotatable bonds is 6. The van der Waals surface area contributed by atoms with Gasteiger partial charge in [0.25, 0.3) is 5.91 Å². The first-order chi connectivity index (χ1) is 13.2. The average Bonchev–Trinajstić information content (AvgIpc) is 3.53. The van der Waals surface area contributed by atoms with Crippen LogP contribution in [0, 0.1) is 0 Å². The molecule has 2 aromatic carbocycles. The minimum atomic E-state index is -0.180. The molecule has 0 saturated heterocycles. The van der Waals surface area contributed by atoms with Crippen molar-refractivity contribution >= 4 is 17.4 Å². The lowest BCUT2D eigenvalue weighted by Gasteiger charge is -2.12. The van der Waals surface area contributed by atoms with E-state index < -0.39 is 0 Å². The van der Waals surface area contributed by atoms with E-state index in [4.69, 9.17) is 4.74 Å². The van der Waals surface area contributed by atoms with Crippen LogP contribution in [0.3, 0.4) is 0 Å². The van der Waals surface area contributed by atoms with Gasteiger partial charge in [-0.2, -0.15) is 0 Å². The van der Waals surface area contributed by atoms with Crippen LogP contribution in [-0.4, -0.2) is 29.0 Å². The molecule has 0 unspecified atom stereocenters. The largest absolute Gasteiger partial charge is 0.495 e. The van der Waals surface area contributed by atoms with E-state index >= 15 is 0 Å². The van der Waals surface area contributed by atoms with Gasteiger partial charge in [-0.15, -0.1) is 0 Å². The van der Waals surface area contributed by atoms with Crippen molar-refractivity contribution in [2.75, 3.05) is 12.4 Å². The van der Waals surface area contributed by atoms with E-state index in [2.05, 4.69) is 20.6 Å². The Labute approximate surface area is 157 Å². The molecular weight excluding hydrogens is 340 g/mol. The third-order valence-corrected chi connectivity index (χ3v) is 4.27. The molecule has 0 atom stereocenters. The summed E-state index contributed by atoms with van der Waals surface area (Å²) in [7, 11) is 1.62. The Morgan fingerprint density at radius 3 is 2.52 bits per heavy atom. The molecule has 0 spiro atoms. The molecule has 27 heavy (non-hydrogen) atoms. The van der Waals surface area contributed by atoms with Crippen LogP contribution in [0.1, 0.15) is 23.3 Å². The molecule has 0 bridgehead atoms. The van der Waals surface area contributed by atoms with Gasteiger partial charge in [-0.3, -0.25) is 4.79 Å². The van der Waals surface area contributed by atoms with E-state index in [1.165, 1.54) is 0 Å². The van der Waals surface area contributed by atoms with Crippen LogP contribution in [0.2, 0.25) is 0 Å². The summed E-state index contributed by atoms with van der Waals surface area (Å²) in [5, 5.41) is 6.22. The average molecular weight is 360 g/mol. The Kier molecular flexibility index (Phi) is 4.70. The number of hydrogen-bond donors (Lipinski definition) is 2. The van der Waals surface area contributed by atoms with Gasteiger partial charge < -0.3 is 15.4 Å². The highest BCUT2D eigenvalue weighted by Crippen LogP contribution is 2.28. The Balaban J connectivity index is 1.72. The number of nitrogens with one attached hydrogen (secondary N) is 2. The van der Waals surface area contributed by atoms with Gasteiger partial charge in [0.15, 0.2) is 5.82 Å². The second-order valence-corrected chi connectivity index (χ2v) is 6.40. The molecule has 4 rings (SSSR count). The molecule has 6 heteroatoms. The fourth-order valence-electron chi connectivity index (χ4n) is 2.72. The number of amides is 1. The van der Waals surface area contributed by atoms with Crippen molar-refractivity contribution in [1.82, 2.24) is 15.3 Å². The van der Waals surface area contributed by atoms with Crippen molar-refractivity contribution in [3.63, 3.8) is 0 Å². The molecule has 1 fully saturated rings. The van der Waals surface area contributed by atoms with Gasteiger partial charge in [-0.25, -0.2) is 9.97 Å². The minimum Gasteiger partial charge on any atom is -0.495 e. The standard InChI is InChI=1S/C21H20N4O2/c1-27-18-10-6-5-9-16(18)23-19-13-17(21(26)22-15-11-12-15)24-20(25-19)14-7-3-2-4-8-14/h2-10,13,15H,11-12H2,1H3,(H,22,26)(H,23,24,25). The van der Waals surface area contributed by atoms with Crippen LogP contribution in [0.15, 0.2) is 60.7 Å². The summed E-state index contributed by atoms with van der Waals surface area (Å²) < 4.78 is 5.39. The maximum atomic E-state index is 12.6. The summed E-state index contributed by atoms with van der Waals surface area (Å²) in [6.45, 7) is 0. The lowest BCUT2D eigenvalue weighted by atomic mass is 10.2. The Hall–Kier alpha value is -3.41. The zero-order valence-corrected chi connectivity index (χ0v) is 15.0. The summed E-state index contributed by atoms with van der Waals surface area (Å²) in [6, 6.07) is 19.1. The highest BCUT2D eigenvalue weighted by Gasteiger charge is 2.25. The molecule has 1 heterocycles. The molecule has 0 aliphatic heterocycles.